The molecule has 2 aromatic rings. The molecule has 2 aliphatic heterocycles. The van der Waals surface area contributed by atoms with Gasteiger partial charge in [-0.2, -0.15) is 0 Å². The highest BCUT2D eigenvalue weighted by molar-refractivity contribution is 6.65. The van der Waals surface area contributed by atoms with Gasteiger partial charge in [0.2, 0.25) is 11.6 Å². The number of Topliss-reactive ketones (excluding diaryl/α,β-unsaturated/α-hetero) is 4. The van der Waals surface area contributed by atoms with Crippen molar-refractivity contribution in [1.29, 1.82) is 0 Å². The normalized spacial score (nSPS) is 26.6. The third kappa shape index (κ3) is 2.19. The number of allylic oxidation sites excluding steroid dienone is 4. The van der Waals surface area contributed by atoms with Crippen molar-refractivity contribution in [2.45, 2.75) is 52.4 Å². The lowest BCUT2D eigenvalue weighted by Crippen LogP contribution is -2.73. The molecular weight excluding hydrogens is 452 g/mol. The van der Waals surface area contributed by atoms with Crippen LogP contribution >= 0.6 is 0 Å². The van der Waals surface area contributed by atoms with Gasteiger partial charge in [-0.3, -0.25) is 19.2 Å². The highest BCUT2D eigenvalue weighted by atomic mass is 16.2. The molecule has 2 atom stereocenters. The number of carbonyl (C=O) groups excluding carboxylic acids is 4. The van der Waals surface area contributed by atoms with E-state index in [0.29, 0.717) is 33.6 Å². The fourth-order valence-electron chi connectivity index (χ4n) is 6.36. The molecule has 0 saturated heterocycles. The smallest absolute Gasteiger partial charge is 0.204 e. The van der Waals surface area contributed by atoms with E-state index in [4.69, 9.17) is 9.98 Å². The van der Waals surface area contributed by atoms with Crippen LogP contribution in [0.1, 0.15) is 49.9 Å². The van der Waals surface area contributed by atoms with E-state index in [1.165, 1.54) is 0 Å². The fraction of sp³-hybridized carbons (Fsp3) is 0.267. The molecule has 0 aromatic heterocycles. The Morgan fingerprint density at radius 1 is 0.528 bits per heavy atom. The number of fused-ring (bicyclic) bond motifs is 2. The van der Waals surface area contributed by atoms with E-state index in [1.54, 1.807) is 39.8 Å². The summed E-state index contributed by atoms with van der Waals surface area (Å²) >= 11 is 0. The monoisotopic (exact) mass is 476 g/mol. The average molecular weight is 477 g/mol. The molecule has 0 fully saturated rings. The molecule has 0 bridgehead atoms. The van der Waals surface area contributed by atoms with Crippen molar-refractivity contribution < 1.29 is 19.2 Å². The summed E-state index contributed by atoms with van der Waals surface area (Å²) in [5, 5.41) is 0. The lowest BCUT2D eigenvalue weighted by Gasteiger charge is -2.56. The summed E-state index contributed by atoms with van der Waals surface area (Å²) in [6, 6.07) is 10.8. The molecular formula is C30H24N2O4. The van der Waals surface area contributed by atoms with Crippen molar-refractivity contribution in [3.63, 3.8) is 0 Å². The van der Waals surface area contributed by atoms with E-state index in [9.17, 15) is 19.2 Å². The van der Waals surface area contributed by atoms with E-state index in [1.807, 2.05) is 38.1 Å². The molecule has 2 spiro atoms. The van der Waals surface area contributed by atoms with Crippen LogP contribution in [0, 0.1) is 13.8 Å². The fourth-order valence-corrected chi connectivity index (χ4v) is 6.36. The average Bonchev–Trinajstić information content (AvgIpc) is 2.86. The Bertz CT molecular complexity index is 1540. The first kappa shape index (κ1) is 22.4. The SMILES string of the molecule is CC1=C(C)C(=O)[C@]23C(=Nc4ccc(C)cc4[C@]24C(=O)C(C)=C(C)C(=O)C4=Nc2ccc(C)cc23)C1=O. The van der Waals surface area contributed by atoms with E-state index in [2.05, 4.69) is 0 Å². The first-order chi connectivity index (χ1) is 17.0. The van der Waals surface area contributed by atoms with Crippen LogP contribution in [0.15, 0.2) is 68.7 Å². The maximum atomic E-state index is 14.7. The van der Waals surface area contributed by atoms with Crippen molar-refractivity contribution in [3.8, 4) is 0 Å². The molecule has 0 radical (unpaired) electrons. The first-order valence-corrected chi connectivity index (χ1v) is 11.9. The number of aliphatic imine (C=N–C) groups is 2. The van der Waals surface area contributed by atoms with E-state index in [-0.39, 0.29) is 22.6 Å². The number of hydrogen-bond acceptors (Lipinski definition) is 6. The Hall–Kier alpha value is -4.06. The van der Waals surface area contributed by atoms with E-state index in [0.717, 1.165) is 11.1 Å². The molecule has 4 aliphatic rings. The van der Waals surface area contributed by atoms with Crippen molar-refractivity contribution in [1.82, 2.24) is 0 Å². The summed E-state index contributed by atoms with van der Waals surface area (Å²) in [4.78, 5) is 66.9. The summed E-state index contributed by atoms with van der Waals surface area (Å²) in [6.07, 6.45) is 0. The molecule has 0 amide bonds. The number of nitrogens with zero attached hydrogens (tertiary/aromatic N) is 2. The van der Waals surface area contributed by atoms with Crippen LogP contribution < -0.4 is 0 Å². The standard InChI is InChI=1S/C30H24N2O4/c1-13-7-9-21-19(11-13)29-25(23(33)15(3)17(5)27(29)35)32-22-10-8-14(2)12-20(22)30(29)26(31-21)24(34)16(4)18(6)28(30)36/h7-12H,1-6H3/t29-,30-/m0/s1. The minimum atomic E-state index is -1.83. The Balaban J connectivity index is 1.97. The van der Waals surface area contributed by atoms with Gasteiger partial charge >= 0.3 is 0 Å². The van der Waals surface area contributed by atoms with Crippen LogP contribution in [-0.4, -0.2) is 34.6 Å². The molecule has 0 saturated carbocycles. The Morgan fingerprint density at radius 2 is 0.889 bits per heavy atom. The predicted molar refractivity (Wildman–Crippen MR) is 137 cm³/mol. The summed E-state index contributed by atoms with van der Waals surface area (Å²) < 4.78 is 0. The van der Waals surface area contributed by atoms with E-state index < -0.39 is 34.0 Å². The molecule has 2 aliphatic carbocycles. The van der Waals surface area contributed by atoms with Gasteiger partial charge in [-0.25, -0.2) is 9.98 Å². The Labute approximate surface area is 208 Å². The lowest BCUT2D eigenvalue weighted by molar-refractivity contribution is -0.129. The van der Waals surface area contributed by atoms with Gasteiger partial charge in [-0.1, -0.05) is 35.4 Å². The molecule has 36 heavy (non-hydrogen) atoms. The van der Waals surface area contributed by atoms with Crippen molar-refractivity contribution >= 4 is 45.9 Å². The minimum Gasteiger partial charge on any atom is -0.293 e. The third-order valence-corrected chi connectivity index (χ3v) is 8.45. The summed E-state index contributed by atoms with van der Waals surface area (Å²) in [5.41, 5.74) is 0.808. The Morgan fingerprint density at radius 3 is 1.25 bits per heavy atom. The maximum absolute atomic E-state index is 14.7. The van der Waals surface area contributed by atoms with Crippen LogP contribution in [0.3, 0.4) is 0 Å². The van der Waals surface area contributed by atoms with Gasteiger partial charge in [0.05, 0.1) is 11.4 Å². The third-order valence-electron chi connectivity index (χ3n) is 8.45. The largest absolute Gasteiger partial charge is 0.293 e. The van der Waals surface area contributed by atoms with Gasteiger partial charge < -0.3 is 0 Å². The topological polar surface area (TPSA) is 93.0 Å². The van der Waals surface area contributed by atoms with Gasteiger partial charge in [0, 0.05) is 22.3 Å². The molecule has 2 heterocycles. The van der Waals surface area contributed by atoms with Crippen LogP contribution in [0.25, 0.3) is 0 Å². The zero-order valence-electron chi connectivity index (χ0n) is 21.0. The lowest BCUT2D eigenvalue weighted by atomic mass is 9.42. The second kappa shape index (κ2) is 6.78. The van der Waals surface area contributed by atoms with Crippen LogP contribution in [-0.2, 0) is 30.0 Å². The molecule has 0 N–H and O–H groups in total. The summed E-state index contributed by atoms with van der Waals surface area (Å²) in [6.45, 7) is 10.2. The number of rotatable bonds is 0. The molecule has 6 heteroatoms. The second-order valence-electron chi connectivity index (χ2n) is 10.3. The van der Waals surface area contributed by atoms with Gasteiger partial charge in [0.1, 0.15) is 22.3 Å². The van der Waals surface area contributed by atoms with Gasteiger partial charge in [0.15, 0.2) is 11.6 Å². The van der Waals surface area contributed by atoms with E-state index >= 15 is 0 Å². The number of benzene rings is 2. The van der Waals surface area contributed by atoms with Crippen LogP contribution in [0.5, 0.6) is 0 Å². The van der Waals surface area contributed by atoms with Crippen molar-refractivity contribution in [2.24, 2.45) is 9.98 Å². The number of ketones is 4. The first-order valence-electron chi connectivity index (χ1n) is 11.9. The molecule has 0 unspecified atom stereocenters. The highest BCUT2D eigenvalue weighted by Gasteiger charge is 2.75. The number of carbonyl (C=O) groups is 4. The van der Waals surface area contributed by atoms with Gasteiger partial charge in [-0.15, -0.1) is 0 Å². The zero-order chi connectivity index (χ0) is 25.9. The van der Waals surface area contributed by atoms with Crippen LogP contribution in [0.4, 0.5) is 11.4 Å². The predicted octanol–water partition coefficient (Wildman–Crippen LogP) is 4.63. The summed E-state index contributed by atoms with van der Waals surface area (Å²) in [7, 11) is 0. The molecule has 6 nitrogen and oxygen atoms in total. The minimum absolute atomic E-state index is 0.0142. The quantitative estimate of drug-likeness (QED) is 0.554. The molecule has 6 rings (SSSR count). The van der Waals surface area contributed by atoms with Gasteiger partial charge in [-0.05, 0) is 64.8 Å². The molecule has 2 aromatic carbocycles. The zero-order valence-corrected chi connectivity index (χ0v) is 21.0. The summed E-state index contributed by atoms with van der Waals surface area (Å²) in [5.74, 6) is -1.57. The Kier molecular flexibility index (Phi) is 4.22. The van der Waals surface area contributed by atoms with Crippen molar-refractivity contribution in [2.75, 3.05) is 0 Å². The maximum Gasteiger partial charge on any atom is 0.204 e. The van der Waals surface area contributed by atoms with Gasteiger partial charge in [0.25, 0.3) is 0 Å². The highest BCUT2D eigenvalue weighted by Crippen LogP contribution is 2.62. The van der Waals surface area contributed by atoms with Crippen LogP contribution in [0.2, 0.25) is 0 Å². The molecule has 178 valence electrons. The second-order valence-corrected chi connectivity index (χ2v) is 10.3. The number of aryl methyl sites for hydroxylation is 2. The van der Waals surface area contributed by atoms with Crippen molar-refractivity contribution in [3.05, 3.63) is 80.9 Å². The number of hydrogen-bond donors (Lipinski definition) is 0.